The molecular weight excluding hydrogens is 252 g/mol. The molecule has 2 aromatic rings. The normalized spacial score (nSPS) is 18.6. The molecular formula is C14H18N6. The quantitative estimate of drug-likeness (QED) is 0.829. The Morgan fingerprint density at radius 3 is 2.85 bits per heavy atom. The third-order valence-electron chi connectivity index (χ3n) is 3.28. The van der Waals surface area contributed by atoms with Crippen molar-refractivity contribution >= 4 is 16.9 Å². The summed E-state index contributed by atoms with van der Waals surface area (Å²) in [6.45, 7) is 4.00. The van der Waals surface area contributed by atoms with Gasteiger partial charge in [0, 0.05) is 25.0 Å². The van der Waals surface area contributed by atoms with Crippen LogP contribution >= 0.6 is 0 Å². The highest BCUT2D eigenvalue weighted by molar-refractivity contribution is 5.87. The van der Waals surface area contributed by atoms with Gasteiger partial charge in [-0.1, -0.05) is 13.8 Å². The first-order chi connectivity index (χ1) is 9.83. The van der Waals surface area contributed by atoms with Gasteiger partial charge in [0.1, 0.15) is 6.17 Å². The standard InChI is InChI=1S/C12H12N6.C2H6/c1-17-11-9-7-18(8-3-2-4-13-5-8)16-12(9)15-10(11)6-14-17;1-2/h2-7,12,15-16H,1H3;1-2H3. The second-order valence-electron chi connectivity index (χ2n) is 4.40. The average molecular weight is 270 g/mol. The third-order valence-corrected chi connectivity index (χ3v) is 3.28. The summed E-state index contributed by atoms with van der Waals surface area (Å²) in [6, 6.07) is 3.94. The zero-order valence-corrected chi connectivity index (χ0v) is 11.8. The van der Waals surface area contributed by atoms with Crippen LogP contribution in [0.4, 0.5) is 11.4 Å². The lowest BCUT2D eigenvalue weighted by Gasteiger charge is -2.18. The molecule has 0 saturated heterocycles. The Labute approximate surface area is 118 Å². The summed E-state index contributed by atoms with van der Waals surface area (Å²) in [4.78, 5) is 4.13. The minimum Gasteiger partial charge on any atom is -0.362 e. The SMILES string of the molecule is CC.Cn1ncc2c1C1=CN(c3cccnc3)NC1N2. The number of hydrogen-bond donors (Lipinski definition) is 2. The van der Waals surface area contributed by atoms with Crippen LogP contribution in [0.2, 0.25) is 0 Å². The molecule has 0 bridgehead atoms. The lowest BCUT2D eigenvalue weighted by atomic mass is 10.2. The van der Waals surface area contributed by atoms with E-state index in [1.807, 2.05) is 55.1 Å². The van der Waals surface area contributed by atoms with Gasteiger partial charge in [-0.25, -0.2) is 5.43 Å². The van der Waals surface area contributed by atoms with E-state index < -0.39 is 0 Å². The molecule has 0 fully saturated rings. The number of aromatic nitrogens is 3. The van der Waals surface area contributed by atoms with E-state index >= 15 is 0 Å². The van der Waals surface area contributed by atoms with Crippen LogP contribution in [0.1, 0.15) is 19.5 Å². The fourth-order valence-corrected chi connectivity index (χ4v) is 2.45. The smallest absolute Gasteiger partial charge is 0.124 e. The monoisotopic (exact) mass is 270 g/mol. The molecule has 6 heteroatoms. The first kappa shape index (κ1) is 12.7. The number of fused-ring (bicyclic) bond motifs is 3. The molecule has 1 atom stereocenters. The Balaban J connectivity index is 0.000000581. The molecule has 104 valence electrons. The topological polar surface area (TPSA) is 58.0 Å². The van der Waals surface area contributed by atoms with E-state index in [-0.39, 0.29) is 6.17 Å². The highest BCUT2D eigenvalue weighted by atomic mass is 15.6. The number of hydrogen-bond acceptors (Lipinski definition) is 5. The van der Waals surface area contributed by atoms with Crippen molar-refractivity contribution in [3.05, 3.63) is 42.6 Å². The highest BCUT2D eigenvalue weighted by Crippen LogP contribution is 2.37. The van der Waals surface area contributed by atoms with E-state index in [0.29, 0.717) is 0 Å². The fraction of sp³-hybridized carbons (Fsp3) is 0.286. The van der Waals surface area contributed by atoms with Gasteiger partial charge < -0.3 is 5.32 Å². The number of pyridine rings is 1. The minimum absolute atomic E-state index is 0.115. The molecule has 4 heterocycles. The lowest BCUT2D eigenvalue weighted by molar-refractivity contribution is 0.700. The first-order valence-electron chi connectivity index (χ1n) is 6.79. The Bertz CT molecular complexity index is 630. The highest BCUT2D eigenvalue weighted by Gasteiger charge is 2.35. The van der Waals surface area contributed by atoms with Crippen molar-refractivity contribution in [2.45, 2.75) is 20.0 Å². The number of nitrogens with zero attached hydrogens (tertiary/aromatic N) is 4. The summed E-state index contributed by atoms with van der Waals surface area (Å²) in [7, 11) is 1.95. The minimum atomic E-state index is 0.115. The summed E-state index contributed by atoms with van der Waals surface area (Å²) in [6.07, 6.45) is 7.65. The van der Waals surface area contributed by atoms with E-state index in [2.05, 4.69) is 27.0 Å². The van der Waals surface area contributed by atoms with E-state index in [1.165, 1.54) is 5.57 Å². The Morgan fingerprint density at radius 1 is 1.25 bits per heavy atom. The molecule has 0 spiro atoms. The van der Waals surface area contributed by atoms with Crippen LogP contribution in [-0.2, 0) is 7.05 Å². The van der Waals surface area contributed by atoms with Gasteiger partial charge in [-0.05, 0) is 12.1 Å². The predicted octanol–water partition coefficient (Wildman–Crippen LogP) is 1.96. The maximum absolute atomic E-state index is 4.25. The molecule has 20 heavy (non-hydrogen) atoms. The van der Waals surface area contributed by atoms with Crippen molar-refractivity contribution in [3.63, 3.8) is 0 Å². The van der Waals surface area contributed by atoms with Crippen LogP contribution in [0.25, 0.3) is 5.57 Å². The number of anilines is 2. The largest absolute Gasteiger partial charge is 0.362 e. The van der Waals surface area contributed by atoms with Crippen molar-refractivity contribution in [1.82, 2.24) is 20.2 Å². The van der Waals surface area contributed by atoms with E-state index in [9.17, 15) is 0 Å². The summed E-state index contributed by atoms with van der Waals surface area (Å²) in [5.74, 6) is 0. The third kappa shape index (κ3) is 1.85. The van der Waals surface area contributed by atoms with Crippen LogP contribution in [0.5, 0.6) is 0 Å². The Hall–Kier alpha value is -2.34. The molecule has 6 nitrogen and oxygen atoms in total. The van der Waals surface area contributed by atoms with E-state index in [4.69, 9.17) is 0 Å². The second kappa shape index (κ2) is 4.97. The molecule has 2 aromatic heterocycles. The maximum atomic E-state index is 4.25. The van der Waals surface area contributed by atoms with Gasteiger partial charge in [0.05, 0.1) is 29.5 Å². The molecule has 2 aliphatic rings. The van der Waals surface area contributed by atoms with E-state index in [1.54, 1.807) is 6.20 Å². The summed E-state index contributed by atoms with van der Waals surface area (Å²) in [5.41, 5.74) is 7.81. The van der Waals surface area contributed by atoms with Crippen molar-refractivity contribution in [2.24, 2.45) is 7.05 Å². The predicted molar refractivity (Wildman–Crippen MR) is 79.8 cm³/mol. The molecule has 0 aromatic carbocycles. The van der Waals surface area contributed by atoms with Crippen molar-refractivity contribution in [2.75, 3.05) is 10.3 Å². The molecule has 0 aliphatic carbocycles. The molecule has 0 saturated carbocycles. The summed E-state index contributed by atoms with van der Waals surface area (Å²) in [5, 5.41) is 9.63. The van der Waals surface area contributed by atoms with Crippen molar-refractivity contribution in [3.8, 4) is 0 Å². The lowest BCUT2D eigenvalue weighted by Crippen LogP contribution is -2.39. The summed E-state index contributed by atoms with van der Waals surface area (Å²) < 4.78 is 1.89. The molecule has 2 aliphatic heterocycles. The van der Waals surface area contributed by atoms with Crippen LogP contribution in [-0.4, -0.2) is 20.9 Å². The van der Waals surface area contributed by atoms with Gasteiger partial charge in [-0.15, -0.1) is 0 Å². The Morgan fingerprint density at radius 2 is 2.10 bits per heavy atom. The maximum Gasteiger partial charge on any atom is 0.124 e. The molecule has 4 rings (SSSR count). The van der Waals surface area contributed by atoms with Crippen LogP contribution < -0.4 is 15.8 Å². The number of hydrazine groups is 1. The van der Waals surface area contributed by atoms with Crippen molar-refractivity contribution in [1.29, 1.82) is 0 Å². The van der Waals surface area contributed by atoms with Gasteiger partial charge >= 0.3 is 0 Å². The fourth-order valence-electron chi connectivity index (χ4n) is 2.45. The molecule has 0 radical (unpaired) electrons. The summed E-state index contributed by atoms with van der Waals surface area (Å²) >= 11 is 0. The van der Waals surface area contributed by atoms with Crippen LogP contribution in [0, 0.1) is 0 Å². The van der Waals surface area contributed by atoms with E-state index in [0.717, 1.165) is 17.1 Å². The van der Waals surface area contributed by atoms with Gasteiger partial charge in [0.15, 0.2) is 0 Å². The zero-order valence-electron chi connectivity index (χ0n) is 11.8. The van der Waals surface area contributed by atoms with Crippen LogP contribution in [0.3, 0.4) is 0 Å². The van der Waals surface area contributed by atoms with Gasteiger partial charge in [0.2, 0.25) is 0 Å². The second-order valence-corrected chi connectivity index (χ2v) is 4.40. The van der Waals surface area contributed by atoms with Crippen LogP contribution in [0.15, 0.2) is 36.9 Å². The number of nitrogens with one attached hydrogen (secondary N) is 2. The average Bonchev–Trinajstić information content (AvgIpc) is 3.14. The van der Waals surface area contributed by atoms with Gasteiger partial charge in [0.25, 0.3) is 0 Å². The number of aryl methyl sites for hydroxylation is 1. The first-order valence-corrected chi connectivity index (χ1v) is 6.79. The van der Waals surface area contributed by atoms with Gasteiger partial charge in [-0.2, -0.15) is 5.10 Å². The number of rotatable bonds is 1. The molecule has 2 N–H and O–H groups in total. The van der Waals surface area contributed by atoms with Crippen molar-refractivity contribution < 1.29 is 0 Å². The molecule has 0 amide bonds. The van der Waals surface area contributed by atoms with Gasteiger partial charge in [-0.3, -0.25) is 14.7 Å². The molecule has 1 unspecified atom stereocenters. The zero-order chi connectivity index (χ0) is 14.1. The Kier molecular flexibility index (Phi) is 3.15.